The summed E-state index contributed by atoms with van der Waals surface area (Å²) >= 11 is 0. The molecule has 4 heteroatoms. The zero-order valence-corrected chi connectivity index (χ0v) is 14.0. The van der Waals surface area contributed by atoms with Gasteiger partial charge in [0.2, 0.25) is 5.75 Å². The Morgan fingerprint density at radius 3 is 2.09 bits per heavy atom. The lowest BCUT2D eigenvalue weighted by atomic mass is 10.0. The van der Waals surface area contributed by atoms with Gasteiger partial charge in [0.15, 0.2) is 11.5 Å². The molecule has 0 saturated heterocycles. The summed E-state index contributed by atoms with van der Waals surface area (Å²) in [5.41, 5.74) is 8.22. The van der Waals surface area contributed by atoms with Gasteiger partial charge in [0.1, 0.15) is 6.61 Å². The molecule has 2 N–H and O–H groups in total. The van der Waals surface area contributed by atoms with Gasteiger partial charge in [0.25, 0.3) is 0 Å². The van der Waals surface area contributed by atoms with Crippen LogP contribution in [0.1, 0.15) is 24.5 Å². The summed E-state index contributed by atoms with van der Waals surface area (Å²) < 4.78 is 16.9. The molecule has 0 amide bonds. The minimum absolute atomic E-state index is 0.125. The average Bonchev–Trinajstić information content (AvgIpc) is 2.60. The van der Waals surface area contributed by atoms with Crippen molar-refractivity contribution in [1.29, 1.82) is 0 Å². The van der Waals surface area contributed by atoms with E-state index in [4.69, 9.17) is 19.9 Å². The highest BCUT2D eigenvalue weighted by atomic mass is 16.5. The third-order valence-electron chi connectivity index (χ3n) is 3.77. The van der Waals surface area contributed by atoms with Crippen LogP contribution in [0.15, 0.2) is 42.5 Å². The van der Waals surface area contributed by atoms with Crippen molar-refractivity contribution in [3.8, 4) is 17.2 Å². The van der Waals surface area contributed by atoms with Gasteiger partial charge in [0.05, 0.1) is 14.2 Å². The van der Waals surface area contributed by atoms with E-state index in [0.29, 0.717) is 23.9 Å². The van der Waals surface area contributed by atoms with E-state index in [1.807, 2.05) is 42.5 Å². The first-order chi connectivity index (χ1) is 11.2. The Morgan fingerprint density at radius 1 is 0.957 bits per heavy atom. The normalized spacial score (nSPS) is 11.8. The molecule has 23 heavy (non-hydrogen) atoms. The summed E-state index contributed by atoms with van der Waals surface area (Å²) in [6.45, 7) is 2.54. The SMILES string of the molecule is CCC(N)Cc1cc(OC)c(OCc2ccccc2)c(OC)c1. The fourth-order valence-electron chi connectivity index (χ4n) is 2.37. The lowest BCUT2D eigenvalue weighted by molar-refractivity contribution is 0.265. The third-order valence-corrected chi connectivity index (χ3v) is 3.77. The van der Waals surface area contributed by atoms with Crippen LogP contribution < -0.4 is 19.9 Å². The van der Waals surface area contributed by atoms with Gasteiger partial charge in [0, 0.05) is 6.04 Å². The number of ether oxygens (including phenoxy) is 3. The molecule has 1 unspecified atom stereocenters. The molecule has 0 radical (unpaired) electrons. The van der Waals surface area contributed by atoms with E-state index in [1.54, 1.807) is 14.2 Å². The van der Waals surface area contributed by atoms with Gasteiger partial charge in [-0.05, 0) is 36.1 Å². The number of hydrogen-bond acceptors (Lipinski definition) is 4. The van der Waals surface area contributed by atoms with Crippen LogP contribution in [0.4, 0.5) is 0 Å². The predicted octanol–water partition coefficient (Wildman–Crippen LogP) is 3.56. The van der Waals surface area contributed by atoms with E-state index in [9.17, 15) is 0 Å². The van der Waals surface area contributed by atoms with Crippen LogP contribution in [0.25, 0.3) is 0 Å². The summed E-state index contributed by atoms with van der Waals surface area (Å²) in [4.78, 5) is 0. The Balaban J connectivity index is 2.23. The molecule has 2 rings (SSSR count). The van der Waals surface area contributed by atoms with E-state index >= 15 is 0 Å². The monoisotopic (exact) mass is 315 g/mol. The first-order valence-corrected chi connectivity index (χ1v) is 7.85. The minimum atomic E-state index is 0.125. The Hall–Kier alpha value is -2.20. The molecule has 0 aliphatic carbocycles. The first kappa shape index (κ1) is 17.2. The van der Waals surface area contributed by atoms with E-state index < -0.39 is 0 Å². The second-order valence-corrected chi connectivity index (χ2v) is 5.48. The first-order valence-electron chi connectivity index (χ1n) is 7.85. The molecule has 2 aromatic carbocycles. The molecule has 0 aromatic heterocycles. The maximum atomic E-state index is 6.05. The molecule has 0 heterocycles. The second-order valence-electron chi connectivity index (χ2n) is 5.48. The molecular formula is C19H25NO3. The molecule has 4 nitrogen and oxygen atoms in total. The van der Waals surface area contributed by atoms with Crippen molar-refractivity contribution in [1.82, 2.24) is 0 Å². The van der Waals surface area contributed by atoms with Crippen molar-refractivity contribution in [2.45, 2.75) is 32.4 Å². The summed E-state index contributed by atoms with van der Waals surface area (Å²) in [5, 5.41) is 0. The van der Waals surface area contributed by atoms with Crippen molar-refractivity contribution in [3.63, 3.8) is 0 Å². The number of rotatable bonds is 8. The molecular weight excluding hydrogens is 290 g/mol. The summed E-state index contributed by atoms with van der Waals surface area (Å²) in [6.07, 6.45) is 1.71. The largest absolute Gasteiger partial charge is 0.493 e. The van der Waals surface area contributed by atoms with Gasteiger partial charge in [-0.3, -0.25) is 0 Å². The second kappa shape index (κ2) is 8.44. The summed E-state index contributed by atoms with van der Waals surface area (Å²) in [5.74, 6) is 1.95. The summed E-state index contributed by atoms with van der Waals surface area (Å²) in [6, 6.07) is 14.1. The molecule has 0 aliphatic heterocycles. The Morgan fingerprint density at radius 2 is 1.57 bits per heavy atom. The topological polar surface area (TPSA) is 53.7 Å². The van der Waals surface area contributed by atoms with Crippen molar-refractivity contribution in [3.05, 3.63) is 53.6 Å². The molecule has 0 bridgehead atoms. The molecule has 1 atom stereocenters. The maximum Gasteiger partial charge on any atom is 0.203 e. The van der Waals surface area contributed by atoms with Gasteiger partial charge in [-0.1, -0.05) is 37.3 Å². The fraction of sp³-hybridized carbons (Fsp3) is 0.368. The lowest BCUT2D eigenvalue weighted by Crippen LogP contribution is -2.21. The van der Waals surface area contributed by atoms with Crippen LogP contribution in [0.3, 0.4) is 0 Å². The van der Waals surface area contributed by atoms with Gasteiger partial charge < -0.3 is 19.9 Å². The van der Waals surface area contributed by atoms with E-state index in [0.717, 1.165) is 24.0 Å². The standard InChI is InChI=1S/C19H25NO3/c1-4-16(20)10-15-11-17(21-2)19(18(12-15)22-3)23-13-14-8-6-5-7-9-14/h5-9,11-12,16H,4,10,13,20H2,1-3H3. The van der Waals surface area contributed by atoms with Gasteiger partial charge in [-0.2, -0.15) is 0 Å². The average molecular weight is 315 g/mol. The van der Waals surface area contributed by atoms with Crippen molar-refractivity contribution in [2.24, 2.45) is 5.73 Å². The molecule has 0 aliphatic rings. The highest BCUT2D eigenvalue weighted by Gasteiger charge is 2.15. The van der Waals surface area contributed by atoms with E-state index in [1.165, 1.54) is 0 Å². The van der Waals surface area contributed by atoms with Crippen LogP contribution in [-0.4, -0.2) is 20.3 Å². The zero-order chi connectivity index (χ0) is 16.7. The molecule has 0 fully saturated rings. The highest BCUT2D eigenvalue weighted by Crippen LogP contribution is 2.39. The van der Waals surface area contributed by atoms with Gasteiger partial charge >= 0.3 is 0 Å². The Kier molecular flexibility index (Phi) is 6.29. The van der Waals surface area contributed by atoms with Crippen LogP contribution in [0.2, 0.25) is 0 Å². The number of nitrogens with two attached hydrogens (primary N) is 1. The van der Waals surface area contributed by atoms with Crippen molar-refractivity contribution < 1.29 is 14.2 Å². The third kappa shape index (κ3) is 4.63. The van der Waals surface area contributed by atoms with Crippen molar-refractivity contribution >= 4 is 0 Å². The van der Waals surface area contributed by atoms with E-state index in [2.05, 4.69) is 6.92 Å². The molecule has 0 saturated carbocycles. The highest BCUT2D eigenvalue weighted by molar-refractivity contribution is 5.54. The molecule has 124 valence electrons. The Labute approximate surface area is 138 Å². The number of hydrogen-bond donors (Lipinski definition) is 1. The lowest BCUT2D eigenvalue weighted by Gasteiger charge is -2.17. The van der Waals surface area contributed by atoms with Gasteiger partial charge in [-0.25, -0.2) is 0 Å². The minimum Gasteiger partial charge on any atom is -0.493 e. The maximum absolute atomic E-state index is 6.05. The van der Waals surface area contributed by atoms with E-state index in [-0.39, 0.29) is 6.04 Å². The molecule has 0 spiro atoms. The quantitative estimate of drug-likeness (QED) is 0.809. The van der Waals surface area contributed by atoms with Crippen LogP contribution in [0, 0.1) is 0 Å². The van der Waals surface area contributed by atoms with Gasteiger partial charge in [-0.15, -0.1) is 0 Å². The van der Waals surface area contributed by atoms with Crippen LogP contribution in [-0.2, 0) is 13.0 Å². The van der Waals surface area contributed by atoms with Crippen LogP contribution in [0.5, 0.6) is 17.2 Å². The summed E-state index contributed by atoms with van der Waals surface area (Å²) in [7, 11) is 3.27. The number of benzene rings is 2. The number of methoxy groups -OCH3 is 2. The van der Waals surface area contributed by atoms with Crippen molar-refractivity contribution in [2.75, 3.05) is 14.2 Å². The fourth-order valence-corrected chi connectivity index (χ4v) is 2.37. The molecule has 2 aromatic rings. The smallest absolute Gasteiger partial charge is 0.203 e. The van der Waals surface area contributed by atoms with Crippen LogP contribution >= 0.6 is 0 Å². The zero-order valence-electron chi connectivity index (χ0n) is 14.0. The predicted molar refractivity (Wildman–Crippen MR) is 92.3 cm³/mol. The Bertz CT molecular complexity index is 588.